The third-order valence-corrected chi connectivity index (χ3v) is 2.27. The largest absolute Gasteiger partial charge is 0.479 e. The summed E-state index contributed by atoms with van der Waals surface area (Å²) in [5.74, 6) is -1.39. The Hall–Kier alpha value is -2.37. The molecule has 2 aromatic rings. The van der Waals surface area contributed by atoms with E-state index in [0.717, 1.165) is 0 Å². The lowest BCUT2D eigenvalue weighted by Crippen LogP contribution is -1.99. The van der Waals surface area contributed by atoms with Crippen LogP contribution in [-0.2, 0) is 0 Å². The summed E-state index contributed by atoms with van der Waals surface area (Å²) in [6, 6.07) is 5.42. The second-order valence-electron chi connectivity index (χ2n) is 3.29. The monoisotopic (exact) mass is 236 g/mol. The summed E-state index contributed by atoms with van der Waals surface area (Å²) < 4.78 is 17.8. The maximum atomic E-state index is 12.8. The molecule has 0 fully saturated rings. The van der Waals surface area contributed by atoms with Crippen LogP contribution in [0.1, 0.15) is 10.5 Å². The van der Waals surface area contributed by atoms with E-state index in [1.165, 1.54) is 31.4 Å². The number of aromatic nitrogens is 2. The number of H-pyrrole nitrogens is 1. The van der Waals surface area contributed by atoms with Crippen molar-refractivity contribution >= 4 is 5.97 Å². The minimum Gasteiger partial charge on any atom is -0.479 e. The van der Waals surface area contributed by atoms with Crippen LogP contribution in [0.25, 0.3) is 11.1 Å². The van der Waals surface area contributed by atoms with Crippen molar-refractivity contribution in [3.05, 3.63) is 35.8 Å². The molecule has 0 radical (unpaired) electrons. The van der Waals surface area contributed by atoms with Gasteiger partial charge in [-0.2, -0.15) is 0 Å². The van der Waals surface area contributed by atoms with Gasteiger partial charge in [0.25, 0.3) is 0 Å². The minimum atomic E-state index is -1.15. The first-order valence-electron chi connectivity index (χ1n) is 4.75. The molecule has 0 aliphatic carbocycles. The van der Waals surface area contributed by atoms with E-state index in [1.54, 1.807) is 0 Å². The van der Waals surface area contributed by atoms with Crippen molar-refractivity contribution in [2.45, 2.75) is 0 Å². The van der Waals surface area contributed by atoms with Crippen molar-refractivity contribution in [3.8, 4) is 17.0 Å². The molecule has 2 N–H and O–H groups in total. The summed E-state index contributed by atoms with van der Waals surface area (Å²) in [5, 5.41) is 15.1. The van der Waals surface area contributed by atoms with Gasteiger partial charge in [0, 0.05) is 0 Å². The normalized spacial score (nSPS) is 10.2. The molecule has 17 heavy (non-hydrogen) atoms. The van der Waals surface area contributed by atoms with Crippen molar-refractivity contribution < 1.29 is 19.0 Å². The van der Waals surface area contributed by atoms with Crippen LogP contribution in [0.15, 0.2) is 24.3 Å². The SMILES string of the molecule is COc1n[nH]c(C(=O)O)c1-c1ccc(F)cc1. The number of carboxylic acids is 1. The number of aromatic amines is 1. The van der Waals surface area contributed by atoms with E-state index in [1.807, 2.05) is 0 Å². The topological polar surface area (TPSA) is 75.2 Å². The maximum absolute atomic E-state index is 12.8. The fourth-order valence-electron chi connectivity index (χ4n) is 1.51. The molecule has 5 nitrogen and oxygen atoms in total. The molecule has 0 saturated carbocycles. The van der Waals surface area contributed by atoms with Gasteiger partial charge in [0.15, 0.2) is 5.69 Å². The van der Waals surface area contributed by atoms with Crippen LogP contribution in [0.5, 0.6) is 5.88 Å². The number of methoxy groups -OCH3 is 1. The molecule has 0 bridgehead atoms. The number of carbonyl (C=O) groups is 1. The van der Waals surface area contributed by atoms with Crippen LogP contribution in [0.4, 0.5) is 4.39 Å². The molecule has 6 heteroatoms. The molecule has 0 spiro atoms. The number of halogens is 1. The molecular formula is C11H9FN2O3. The number of benzene rings is 1. The number of aromatic carboxylic acids is 1. The molecule has 1 heterocycles. The van der Waals surface area contributed by atoms with Crippen molar-refractivity contribution in [2.24, 2.45) is 0 Å². The molecule has 2 rings (SSSR count). The number of hydrogen-bond acceptors (Lipinski definition) is 3. The Morgan fingerprint density at radius 1 is 1.41 bits per heavy atom. The average molecular weight is 236 g/mol. The van der Waals surface area contributed by atoms with E-state index in [9.17, 15) is 9.18 Å². The molecule has 0 saturated heterocycles. The van der Waals surface area contributed by atoms with E-state index >= 15 is 0 Å². The maximum Gasteiger partial charge on any atom is 0.354 e. The lowest BCUT2D eigenvalue weighted by atomic mass is 10.1. The van der Waals surface area contributed by atoms with Gasteiger partial charge < -0.3 is 9.84 Å². The van der Waals surface area contributed by atoms with Crippen LogP contribution in [-0.4, -0.2) is 28.4 Å². The Balaban J connectivity index is 2.59. The second-order valence-corrected chi connectivity index (χ2v) is 3.29. The highest BCUT2D eigenvalue weighted by Gasteiger charge is 2.20. The number of hydrogen-bond donors (Lipinski definition) is 2. The molecule has 0 unspecified atom stereocenters. The summed E-state index contributed by atoms with van der Waals surface area (Å²) in [7, 11) is 1.38. The Bertz CT molecular complexity index is 548. The van der Waals surface area contributed by atoms with Crippen LogP contribution in [0, 0.1) is 5.82 Å². The first-order valence-corrected chi connectivity index (χ1v) is 4.75. The molecule has 0 amide bonds. The highest BCUT2D eigenvalue weighted by atomic mass is 19.1. The van der Waals surface area contributed by atoms with E-state index in [2.05, 4.69) is 10.2 Å². The van der Waals surface area contributed by atoms with Gasteiger partial charge in [-0.3, -0.25) is 5.10 Å². The minimum absolute atomic E-state index is 0.0894. The fourth-order valence-corrected chi connectivity index (χ4v) is 1.51. The molecule has 0 aliphatic rings. The first-order chi connectivity index (χ1) is 8.13. The van der Waals surface area contributed by atoms with E-state index in [-0.39, 0.29) is 11.6 Å². The van der Waals surface area contributed by atoms with Crippen LogP contribution in [0.2, 0.25) is 0 Å². The quantitative estimate of drug-likeness (QED) is 0.853. The standard InChI is InChI=1S/C11H9FN2O3/c1-17-10-8(9(11(15)16)13-14-10)6-2-4-7(12)5-3-6/h2-5H,1H3,(H,13,14)(H,15,16). The Morgan fingerprint density at radius 3 is 2.59 bits per heavy atom. The number of ether oxygens (including phenoxy) is 1. The summed E-state index contributed by atoms with van der Waals surface area (Å²) in [6.07, 6.45) is 0. The summed E-state index contributed by atoms with van der Waals surface area (Å²) >= 11 is 0. The van der Waals surface area contributed by atoms with Gasteiger partial charge in [-0.25, -0.2) is 9.18 Å². The summed E-state index contributed by atoms with van der Waals surface area (Å²) in [5.41, 5.74) is 0.739. The van der Waals surface area contributed by atoms with Crippen LogP contribution >= 0.6 is 0 Å². The predicted octanol–water partition coefficient (Wildman–Crippen LogP) is 1.92. The van der Waals surface area contributed by atoms with E-state index in [0.29, 0.717) is 11.1 Å². The van der Waals surface area contributed by atoms with Crippen LogP contribution in [0.3, 0.4) is 0 Å². The average Bonchev–Trinajstić information content (AvgIpc) is 2.73. The van der Waals surface area contributed by atoms with Gasteiger partial charge in [-0.15, -0.1) is 5.10 Å². The second kappa shape index (κ2) is 4.25. The Labute approximate surface area is 95.9 Å². The van der Waals surface area contributed by atoms with Gasteiger partial charge >= 0.3 is 5.97 Å². The Kier molecular flexibility index (Phi) is 2.78. The molecule has 0 atom stereocenters. The molecule has 1 aromatic heterocycles. The highest BCUT2D eigenvalue weighted by molar-refractivity contribution is 5.95. The first kappa shape index (κ1) is 11.1. The Morgan fingerprint density at radius 2 is 2.06 bits per heavy atom. The zero-order valence-corrected chi connectivity index (χ0v) is 8.90. The van der Waals surface area contributed by atoms with E-state index < -0.39 is 11.8 Å². The number of nitrogens with zero attached hydrogens (tertiary/aromatic N) is 1. The zero-order chi connectivity index (χ0) is 12.4. The smallest absolute Gasteiger partial charge is 0.354 e. The molecular weight excluding hydrogens is 227 g/mol. The number of rotatable bonds is 3. The number of carboxylic acid groups (broad SMARTS) is 1. The zero-order valence-electron chi connectivity index (χ0n) is 8.90. The third-order valence-electron chi connectivity index (χ3n) is 2.27. The van der Waals surface area contributed by atoms with Gasteiger partial charge in [0.05, 0.1) is 12.7 Å². The number of nitrogens with one attached hydrogen (secondary N) is 1. The highest BCUT2D eigenvalue weighted by Crippen LogP contribution is 2.31. The molecule has 1 aromatic carbocycles. The van der Waals surface area contributed by atoms with Crippen molar-refractivity contribution in [1.82, 2.24) is 10.2 Å². The predicted molar refractivity (Wildman–Crippen MR) is 57.5 cm³/mol. The lowest BCUT2D eigenvalue weighted by molar-refractivity contribution is 0.0691. The van der Waals surface area contributed by atoms with Crippen LogP contribution < -0.4 is 4.74 Å². The van der Waals surface area contributed by atoms with Crippen molar-refractivity contribution in [2.75, 3.05) is 7.11 Å². The fraction of sp³-hybridized carbons (Fsp3) is 0.0909. The third kappa shape index (κ3) is 1.96. The van der Waals surface area contributed by atoms with E-state index in [4.69, 9.17) is 9.84 Å². The van der Waals surface area contributed by atoms with Crippen molar-refractivity contribution in [3.63, 3.8) is 0 Å². The lowest BCUT2D eigenvalue weighted by Gasteiger charge is -2.02. The summed E-state index contributed by atoms with van der Waals surface area (Å²) in [6.45, 7) is 0. The van der Waals surface area contributed by atoms with Gasteiger partial charge in [-0.1, -0.05) is 12.1 Å². The molecule has 0 aliphatic heterocycles. The van der Waals surface area contributed by atoms with Crippen molar-refractivity contribution in [1.29, 1.82) is 0 Å². The van der Waals surface area contributed by atoms with Gasteiger partial charge in [0.1, 0.15) is 5.82 Å². The molecule has 88 valence electrons. The van der Waals surface area contributed by atoms with Gasteiger partial charge in [0.2, 0.25) is 5.88 Å². The van der Waals surface area contributed by atoms with Gasteiger partial charge in [-0.05, 0) is 17.7 Å². The summed E-state index contributed by atoms with van der Waals surface area (Å²) in [4.78, 5) is 11.0.